The number of hydrogen-bond donors (Lipinski definition) is 3. The lowest BCUT2D eigenvalue weighted by molar-refractivity contribution is 0.200. The van der Waals surface area contributed by atoms with Crippen LogP contribution in [0.5, 0.6) is 0 Å². The quantitative estimate of drug-likeness (QED) is 0.544. The Labute approximate surface area is 156 Å². The molecule has 7 heteroatoms. The largest absolute Gasteiger partial charge is 0.399 e. The molecule has 2 aromatic carbocycles. The Bertz CT molecular complexity index is 803. The van der Waals surface area contributed by atoms with Gasteiger partial charge in [0.1, 0.15) is 0 Å². The molecule has 0 aliphatic rings. The van der Waals surface area contributed by atoms with Gasteiger partial charge in [0.15, 0.2) is 0 Å². The number of hydrogen-bond acceptors (Lipinski definition) is 5. The van der Waals surface area contributed by atoms with Gasteiger partial charge in [0.25, 0.3) is 10.1 Å². The van der Waals surface area contributed by atoms with Gasteiger partial charge >= 0.3 is 0 Å². The fourth-order valence-electron chi connectivity index (χ4n) is 2.30. The second-order valence-electron chi connectivity index (χ2n) is 6.22. The minimum absolute atomic E-state index is 0.0666. The first kappa shape index (κ1) is 22.0. The topological polar surface area (TPSA) is 104 Å². The smallest absolute Gasteiger partial charge is 0.294 e. The zero-order chi connectivity index (χ0) is 19.9. The number of nitrogens with zero attached hydrogens (tertiary/aromatic N) is 1. The van der Waals surface area contributed by atoms with Crippen molar-refractivity contribution in [3.8, 4) is 0 Å². The summed E-state index contributed by atoms with van der Waals surface area (Å²) < 4.78 is 29.6. The molecule has 0 aromatic heterocycles. The molecule has 0 spiro atoms. The standard InChI is InChI=1S/C12H20N2O.C7H8O3S/c1-4-14(8-10(3)15)11-5-6-12(13)9(2)7-11;1-6-2-4-7(5-3-6)11(8,9)10/h5-7,10,15H,4,8,13H2,1-3H3;2-5H,1H3,(H,8,9,10). The van der Waals surface area contributed by atoms with Gasteiger partial charge in [0.05, 0.1) is 11.0 Å². The number of aliphatic hydroxyl groups excluding tert-OH is 1. The van der Waals surface area contributed by atoms with Crippen molar-refractivity contribution in [1.82, 2.24) is 0 Å². The van der Waals surface area contributed by atoms with Crippen molar-refractivity contribution < 1.29 is 18.1 Å². The van der Waals surface area contributed by atoms with E-state index in [4.69, 9.17) is 10.3 Å². The summed E-state index contributed by atoms with van der Waals surface area (Å²) in [5.41, 5.74) is 9.73. The number of benzene rings is 2. The SMILES string of the molecule is CCN(CC(C)O)c1ccc(N)c(C)c1.Cc1ccc(S(=O)(=O)O)cc1. The van der Waals surface area contributed by atoms with E-state index in [-0.39, 0.29) is 11.0 Å². The molecule has 0 radical (unpaired) electrons. The zero-order valence-corrected chi connectivity index (χ0v) is 16.5. The molecule has 26 heavy (non-hydrogen) atoms. The fourth-order valence-corrected chi connectivity index (χ4v) is 2.78. The van der Waals surface area contributed by atoms with Gasteiger partial charge in [0, 0.05) is 24.5 Å². The van der Waals surface area contributed by atoms with Crippen LogP contribution < -0.4 is 10.6 Å². The highest BCUT2D eigenvalue weighted by atomic mass is 32.2. The third kappa shape index (κ3) is 7.03. The summed E-state index contributed by atoms with van der Waals surface area (Å²) in [6, 6.07) is 12.0. The van der Waals surface area contributed by atoms with Crippen LogP contribution in [0.2, 0.25) is 0 Å². The van der Waals surface area contributed by atoms with Crippen LogP contribution in [-0.4, -0.2) is 37.3 Å². The Morgan fingerprint density at radius 3 is 2.12 bits per heavy atom. The van der Waals surface area contributed by atoms with Crippen LogP contribution in [0.15, 0.2) is 47.4 Å². The van der Waals surface area contributed by atoms with Crippen molar-refractivity contribution >= 4 is 21.5 Å². The van der Waals surface area contributed by atoms with Crippen LogP contribution in [0.1, 0.15) is 25.0 Å². The van der Waals surface area contributed by atoms with Crippen molar-refractivity contribution in [3.05, 3.63) is 53.6 Å². The normalized spacial score (nSPS) is 12.1. The maximum absolute atomic E-state index is 10.5. The van der Waals surface area contributed by atoms with Crippen LogP contribution in [0.4, 0.5) is 11.4 Å². The van der Waals surface area contributed by atoms with Crippen molar-refractivity contribution in [1.29, 1.82) is 0 Å². The summed E-state index contributed by atoms with van der Waals surface area (Å²) >= 11 is 0. The molecule has 0 aliphatic carbocycles. The number of aryl methyl sites for hydroxylation is 2. The molecule has 0 saturated heterocycles. The Balaban J connectivity index is 0.000000273. The lowest BCUT2D eigenvalue weighted by Gasteiger charge is -2.25. The first-order chi connectivity index (χ1) is 12.0. The van der Waals surface area contributed by atoms with Crippen molar-refractivity contribution in [2.45, 2.75) is 38.7 Å². The molecule has 4 N–H and O–H groups in total. The van der Waals surface area contributed by atoms with E-state index in [0.29, 0.717) is 6.54 Å². The van der Waals surface area contributed by atoms with Gasteiger partial charge in [-0.3, -0.25) is 4.55 Å². The Morgan fingerprint density at radius 2 is 1.69 bits per heavy atom. The monoisotopic (exact) mass is 380 g/mol. The number of nitrogen functional groups attached to an aromatic ring is 1. The predicted molar refractivity (Wildman–Crippen MR) is 106 cm³/mol. The second kappa shape index (κ2) is 9.56. The average molecular weight is 381 g/mol. The third-order valence-corrected chi connectivity index (χ3v) is 4.67. The third-order valence-electron chi connectivity index (χ3n) is 3.80. The fraction of sp³-hybridized carbons (Fsp3) is 0.368. The van der Waals surface area contributed by atoms with Gasteiger partial charge in [-0.15, -0.1) is 0 Å². The summed E-state index contributed by atoms with van der Waals surface area (Å²) in [6.07, 6.45) is -0.317. The van der Waals surface area contributed by atoms with Crippen LogP contribution in [0.25, 0.3) is 0 Å². The van der Waals surface area contributed by atoms with Gasteiger partial charge in [0.2, 0.25) is 0 Å². The molecule has 2 rings (SSSR count). The summed E-state index contributed by atoms with van der Waals surface area (Å²) in [4.78, 5) is 2.07. The van der Waals surface area contributed by atoms with Gasteiger partial charge in [-0.2, -0.15) is 8.42 Å². The Morgan fingerprint density at radius 1 is 1.12 bits per heavy atom. The molecule has 1 unspecified atom stereocenters. The number of rotatable bonds is 5. The highest BCUT2D eigenvalue weighted by Crippen LogP contribution is 2.20. The molecule has 0 amide bonds. The lowest BCUT2D eigenvalue weighted by Crippen LogP contribution is -2.30. The summed E-state index contributed by atoms with van der Waals surface area (Å²) in [7, 11) is -4.02. The van der Waals surface area contributed by atoms with Gasteiger partial charge in [-0.1, -0.05) is 17.7 Å². The molecule has 6 nitrogen and oxygen atoms in total. The van der Waals surface area contributed by atoms with E-state index < -0.39 is 10.1 Å². The van der Waals surface area contributed by atoms with Crippen molar-refractivity contribution in [2.75, 3.05) is 23.7 Å². The molecule has 0 saturated carbocycles. The highest BCUT2D eigenvalue weighted by Gasteiger charge is 2.08. The Kier molecular flexibility index (Phi) is 8.08. The molecule has 0 fully saturated rings. The summed E-state index contributed by atoms with van der Waals surface area (Å²) in [5.74, 6) is 0. The number of nitrogens with two attached hydrogens (primary N) is 1. The van der Waals surface area contributed by atoms with Gasteiger partial charge in [-0.25, -0.2) is 0 Å². The second-order valence-corrected chi connectivity index (χ2v) is 7.64. The van der Waals surface area contributed by atoms with E-state index in [1.54, 1.807) is 19.1 Å². The molecule has 2 aromatic rings. The van der Waals surface area contributed by atoms with E-state index in [9.17, 15) is 13.5 Å². The van der Waals surface area contributed by atoms with E-state index in [1.807, 2.05) is 26.0 Å². The molecular formula is C19H28N2O4S. The summed E-state index contributed by atoms with van der Waals surface area (Å²) in [5, 5.41) is 9.37. The van der Waals surface area contributed by atoms with Crippen molar-refractivity contribution in [3.63, 3.8) is 0 Å². The molecule has 144 valence electrons. The van der Waals surface area contributed by atoms with Crippen LogP contribution in [-0.2, 0) is 10.1 Å². The maximum atomic E-state index is 10.5. The van der Waals surface area contributed by atoms with E-state index in [2.05, 4.69) is 17.9 Å². The number of anilines is 2. The van der Waals surface area contributed by atoms with Crippen LogP contribution in [0.3, 0.4) is 0 Å². The predicted octanol–water partition coefficient (Wildman–Crippen LogP) is 3.03. The minimum atomic E-state index is -4.02. The number of likely N-dealkylation sites (N-methyl/N-ethyl adjacent to an activating group) is 1. The average Bonchev–Trinajstić information content (AvgIpc) is 2.55. The maximum Gasteiger partial charge on any atom is 0.294 e. The minimum Gasteiger partial charge on any atom is -0.399 e. The van der Waals surface area contributed by atoms with Gasteiger partial charge in [-0.05, 0) is 63.6 Å². The molecule has 0 aliphatic heterocycles. The van der Waals surface area contributed by atoms with E-state index >= 15 is 0 Å². The first-order valence-corrected chi connectivity index (χ1v) is 9.82. The number of aliphatic hydroxyl groups is 1. The van der Waals surface area contributed by atoms with E-state index in [0.717, 1.165) is 29.0 Å². The van der Waals surface area contributed by atoms with E-state index in [1.165, 1.54) is 12.1 Å². The van der Waals surface area contributed by atoms with Crippen LogP contribution in [0, 0.1) is 13.8 Å². The Hall–Kier alpha value is -2.09. The first-order valence-electron chi connectivity index (χ1n) is 8.38. The molecule has 0 heterocycles. The lowest BCUT2D eigenvalue weighted by atomic mass is 10.1. The highest BCUT2D eigenvalue weighted by molar-refractivity contribution is 7.85. The molecular weight excluding hydrogens is 352 g/mol. The summed E-state index contributed by atoms with van der Waals surface area (Å²) in [6.45, 7) is 9.25. The zero-order valence-electron chi connectivity index (χ0n) is 15.7. The molecule has 1 atom stereocenters. The van der Waals surface area contributed by atoms with Gasteiger partial charge < -0.3 is 15.7 Å². The van der Waals surface area contributed by atoms with Crippen molar-refractivity contribution in [2.24, 2.45) is 0 Å². The van der Waals surface area contributed by atoms with Crippen LogP contribution >= 0.6 is 0 Å². The molecule has 0 bridgehead atoms.